The Balaban J connectivity index is 2.06. The highest BCUT2D eigenvalue weighted by molar-refractivity contribution is 4.94. The van der Waals surface area contributed by atoms with Crippen LogP contribution in [-0.4, -0.2) is 0 Å². The van der Waals surface area contributed by atoms with Crippen molar-refractivity contribution in [1.29, 1.82) is 0 Å². The summed E-state index contributed by atoms with van der Waals surface area (Å²) in [5.74, 6) is 0. The Kier molecular flexibility index (Phi) is 2.42. The van der Waals surface area contributed by atoms with Crippen LogP contribution in [0, 0.1) is 10.8 Å². The highest BCUT2D eigenvalue weighted by Crippen LogP contribution is 2.55. The first kappa shape index (κ1) is 9.55. The van der Waals surface area contributed by atoms with Crippen LogP contribution >= 0.6 is 0 Å². The van der Waals surface area contributed by atoms with Gasteiger partial charge in [-0.25, -0.2) is 0 Å². The van der Waals surface area contributed by atoms with Gasteiger partial charge in [0.05, 0.1) is 0 Å². The third kappa shape index (κ3) is 1.78. The summed E-state index contributed by atoms with van der Waals surface area (Å²) in [6.45, 7) is 4.90. The zero-order valence-electron chi connectivity index (χ0n) is 9.36. The maximum absolute atomic E-state index is 2.52. The van der Waals surface area contributed by atoms with Crippen molar-refractivity contribution in [2.75, 3.05) is 0 Å². The van der Waals surface area contributed by atoms with Crippen LogP contribution in [0.15, 0.2) is 0 Å². The van der Waals surface area contributed by atoms with Crippen molar-refractivity contribution in [3.63, 3.8) is 0 Å². The predicted molar refractivity (Wildman–Crippen MR) is 57.8 cm³/mol. The highest BCUT2D eigenvalue weighted by atomic mass is 14.5. The van der Waals surface area contributed by atoms with Gasteiger partial charge in [-0.2, -0.15) is 0 Å². The molecule has 2 rings (SSSR count). The fourth-order valence-electron chi connectivity index (χ4n) is 3.83. The first-order valence-corrected chi connectivity index (χ1v) is 6.18. The van der Waals surface area contributed by atoms with E-state index in [0.717, 1.165) is 5.41 Å². The SMILES string of the molecule is CC[C@]1(C)CCCC2(CCCC2)C1. The van der Waals surface area contributed by atoms with Crippen LogP contribution in [0.25, 0.3) is 0 Å². The first-order valence-electron chi connectivity index (χ1n) is 6.18. The van der Waals surface area contributed by atoms with Crippen molar-refractivity contribution >= 4 is 0 Å². The summed E-state index contributed by atoms with van der Waals surface area (Å²) in [6.07, 6.45) is 13.6. The van der Waals surface area contributed by atoms with E-state index in [1.165, 1.54) is 38.5 Å². The lowest BCUT2D eigenvalue weighted by Crippen LogP contribution is -2.32. The van der Waals surface area contributed by atoms with Gasteiger partial charge in [0, 0.05) is 0 Å². The second kappa shape index (κ2) is 3.29. The summed E-state index contributed by atoms with van der Waals surface area (Å²) in [6, 6.07) is 0. The maximum Gasteiger partial charge on any atom is -0.0292 e. The largest absolute Gasteiger partial charge is 0.0649 e. The van der Waals surface area contributed by atoms with Crippen molar-refractivity contribution in [2.24, 2.45) is 10.8 Å². The molecule has 2 aliphatic carbocycles. The van der Waals surface area contributed by atoms with Gasteiger partial charge in [0.1, 0.15) is 0 Å². The quantitative estimate of drug-likeness (QED) is 0.556. The van der Waals surface area contributed by atoms with Gasteiger partial charge in [-0.3, -0.25) is 0 Å². The molecule has 0 heteroatoms. The third-order valence-electron chi connectivity index (χ3n) is 4.81. The molecular weight excluding hydrogens is 156 g/mol. The molecule has 0 bridgehead atoms. The highest BCUT2D eigenvalue weighted by Gasteiger charge is 2.42. The molecule has 0 nitrogen and oxygen atoms in total. The summed E-state index contributed by atoms with van der Waals surface area (Å²) in [4.78, 5) is 0. The van der Waals surface area contributed by atoms with Gasteiger partial charge < -0.3 is 0 Å². The number of rotatable bonds is 1. The lowest BCUT2D eigenvalue weighted by Gasteiger charge is -2.44. The van der Waals surface area contributed by atoms with Gasteiger partial charge in [-0.15, -0.1) is 0 Å². The standard InChI is InChI=1S/C13H24/c1-3-12(2)7-6-10-13(11-12)8-4-5-9-13/h3-11H2,1-2H3/t12-/m1/s1. The van der Waals surface area contributed by atoms with Crippen LogP contribution in [0.4, 0.5) is 0 Å². The molecule has 0 radical (unpaired) electrons. The Hall–Kier alpha value is 0. The van der Waals surface area contributed by atoms with Crippen molar-refractivity contribution in [3.8, 4) is 0 Å². The summed E-state index contributed by atoms with van der Waals surface area (Å²) in [5.41, 5.74) is 1.51. The Morgan fingerprint density at radius 2 is 1.54 bits per heavy atom. The van der Waals surface area contributed by atoms with Gasteiger partial charge >= 0.3 is 0 Å². The maximum atomic E-state index is 2.52. The average molecular weight is 180 g/mol. The molecule has 1 atom stereocenters. The minimum Gasteiger partial charge on any atom is -0.0649 e. The Morgan fingerprint density at radius 3 is 2.15 bits per heavy atom. The average Bonchev–Trinajstić information content (AvgIpc) is 2.53. The minimum absolute atomic E-state index is 0.697. The molecule has 0 saturated heterocycles. The van der Waals surface area contributed by atoms with Gasteiger partial charge in [-0.05, 0) is 42.9 Å². The van der Waals surface area contributed by atoms with Crippen molar-refractivity contribution < 1.29 is 0 Å². The van der Waals surface area contributed by atoms with Crippen molar-refractivity contribution in [2.45, 2.75) is 71.6 Å². The lowest BCUT2D eigenvalue weighted by molar-refractivity contribution is 0.0717. The summed E-state index contributed by atoms with van der Waals surface area (Å²) in [7, 11) is 0. The van der Waals surface area contributed by atoms with Gasteiger partial charge in [0.15, 0.2) is 0 Å². The summed E-state index contributed by atoms with van der Waals surface area (Å²) < 4.78 is 0. The van der Waals surface area contributed by atoms with E-state index in [0.29, 0.717) is 5.41 Å². The van der Waals surface area contributed by atoms with E-state index in [2.05, 4.69) is 13.8 Å². The van der Waals surface area contributed by atoms with Crippen molar-refractivity contribution in [3.05, 3.63) is 0 Å². The van der Waals surface area contributed by atoms with E-state index in [9.17, 15) is 0 Å². The molecule has 0 aromatic rings. The Labute approximate surface area is 83.1 Å². The Morgan fingerprint density at radius 1 is 0.923 bits per heavy atom. The van der Waals surface area contributed by atoms with Crippen LogP contribution in [0.5, 0.6) is 0 Å². The molecule has 0 N–H and O–H groups in total. The molecule has 0 aromatic heterocycles. The summed E-state index contributed by atoms with van der Waals surface area (Å²) >= 11 is 0. The molecule has 0 amide bonds. The van der Waals surface area contributed by atoms with E-state index in [4.69, 9.17) is 0 Å². The molecule has 76 valence electrons. The lowest BCUT2D eigenvalue weighted by atomic mass is 9.61. The fraction of sp³-hybridized carbons (Fsp3) is 1.00. The van der Waals surface area contributed by atoms with Crippen LogP contribution in [0.3, 0.4) is 0 Å². The molecule has 13 heavy (non-hydrogen) atoms. The van der Waals surface area contributed by atoms with Crippen LogP contribution < -0.4 is 0 Å². The van der Waals surface area contributed by atoms with E-state index < -0.39 is 0 Å². The normalized spacial score (nSPS) is 38.3. The monoisotopic (exact) mass is 180 g/mol. The predicted octanol–water partition coefficient (Wildman–Crippen LogP) is 4.54. The van der Waals surface area contributed by atoms with E-state index in [-0.39, 0.29) is 0 Å². The van der Waals surface area contributed by atoms with Crippen molar-refractivity contribution in [1.82, 2.24) is 0 Å². The van der Waals surface area contributed by atoms with Crippen LogP contribution in [-0.2, 0) is 0 Å². The molecule has 2 fully saturated rings. The zero-order chi connectivity index (χ0) is 9.36. The van der Waals surface area contributed by atoms with Gasteiger partial charge in [0.25, 0.3) is 0 Å². The Bertz CT molecular complexity index is 176. The topological polar surface area (TPSA) is 0 Å². The summed E-state index contributed by atoms with van der Waals surface area (Å²) in [5, 5.41) is 0. The smallest absolute Gasteiger partial charge is 0.0292 e. The van der Waals surface area contributed by atoms with E-state index in [1.807, 2.05) is 0 Å². The van der Waals surface area contributed by atoms with Crippen LogP contribution in [0.1, 0.15) is 71.6 Å². The van der Waals surface area contributed by atoms with Crippen LogP contribution in [0.2, 0.25) is 0 Å². The second-order valence-corrected chi connectivity index (χ2v) is 5.90. The molecule has 0 unspecified atom stereocenters. The number of hydrogen-bond acceptors (Lipinski definition) is 0. The van der Waals surface area contributed by atoms with Gasteiger partial charge in [-0.1, -0.05) is 39.5 Å². The second-order valence-electron chi connectivity index (χ2n) is 5.90. The van der Waals surface area contributed by atoms with E-state index in [1.54, 1.807) is 19.3 Å². The number of hydrogen-bond donors (Lipinski definition) is 0. The minimum atomic E-state index is 0.697. The molecule has 0 aromatic carbocycles. The van der Waals surface area contributed by atoms with Gasteiger partial charge in [0.2, 0.25) is 0 Å². The van der Waals surface area contributed by atoms with E-state index >= 15 is 0 Å². The molecule has 0 aliphatic heterocycles. The molecule has 1 spiro atoms. The third-order valence-corrected chi connectivity index (χ3v) is 4.81. The fourth-order valence-corrected chi connectivity index (χ4v) is 3.83. The first-order chi connectivity index (χ1) is 6.18. The molecule has 2 aliphatic rings. The molecular formula is C13H24. The zero-order valence-corrected chi connectivity index (χ0v) is 9.36. The molecule has 0 heterocycles. The molecule has 2 saturated carbocycles.